The van der Waals surface area contributed by atoms with Crippen LogP contribution in [-0.2, 0) is 14.3 Å². The molecule has 0 aliphatic carbocycles. The zero-order valence-electron chi connectivity index (χ0n) is 17.7. The van der Waals surface area contributed by atoms with Gasteiger partial charge in [-0.3, -0.25) is 14.4 Å². The van der Waals surface area contributed by atoms with Crippen LogP contribution < -0.4 is 4.90 Å². The van der Waals surface area contributed by atoms with Gasteiger partial charge in [-0.15, -0.1) is 0 Å². The molecule has 2 aromatic rings. The number of benzene rings is 2. The average molecular weight is 405 g/mol. The fraction of sp³-hybridized carbons (Fsp3) is 0.320. The van der Waals surface area contributed by atoms with Gasteiger partial charge in [0.15, 0.2) is 5.78 Å². The Balaban J connectivity index is 2.16. The summed E-state index contributed by atoms with van der Waals surface area (Å²) in [5.41, 5.74) is 2.66. The van der Waals surface area contributed by atoms with Crippen molar-refractivity contribution in [2.45, 2.75) is 46.5 Å². The number of ether oxygens (including phenoxy) is 1. The van der Waals surface area contributed by atoms with Crippen molar-refractivity contribution in [3.05, 3.63) is 65.2 Å². The number of Topliss-reactive ketones (excluding diaryl/α,β-unsaturated/α-hetero) is 1. The summed E-state index contributed by atoms with van der Waals surface area (Å²) in [6.45, 7) is 5.67. The molecular formula is C25H27NO4. The van der Waals surface area contributed by atoms with Crippen LogP contribution in [-0.4, -0.2) is 24.2 Å². The summed E-state index contributed by atoms with van der Waals surface area (Å²) in [4.78, 5) is 39.3. The van der Waals surface area contributed by atoms with Crippen LogP contribution in [0.4, 0.5) is 5.69 Å². The molecule has 5 heteroatoms. The first-order valence-corrected chi connectivity index (χ1v) is 10.4. The molecule has 0 saturated heterocycles. The molecule has 0 unspecified atom stereocenters. The number of hydrogen-bond acceptors (Lipinski definition) is 4. The number of rotatable bonds is 8. The van der Waals surface area contributed by atoms with E-state index in [0.29, 0.717) is 41.2 Å². The molecule has 0 radical (unpaired) electrons. The van der Waals surface area contributed by atoms with Crippen molar-refractivity contribution in [3.63, 3.8) is 0 Å². The van der Waals surface area contributed by atoms with Gasteiger partial charge in [-0.2, -0.15) is 0 Å². The third-order valence-corrected chi connectivity index (χ3v) is 5.12. The number of carbonyl (C=O) groups is 3. The summed E-state index contributed by atoms with van der Waals surface area (Å²) < 4.78 is 5.88. The summed E-state index contributed by atoms with van der Waals surface area (Å²) in [7, 11) is 0. The molecule has 5 nitrogen and oxygen atoms in total. The topological polar surface area (TPSA) is 63.7 Å². The molecule has 1 aliphatic rings. The van der Waals surface area contributed by atoms with Crippen LogP contribution in [0.2, 0.25) is 0 Å². The summed E-state index contributed by atoms with van der Waals surface area (Å²) in [6.07, 6.45) is 3.34. The van der Waals surface area contributed by atoms with Gasteiger partial charge in [0.25, 0.3) is 5.91 Å². The van der Waals surface area contributed by atoms with E-state index in [9.17, 15) is 14.4 Å². The largest absolute Gasteiger partial charge is 0.492 e. The zero-order chi connectivity index (χ0) is 21.7. The molecule has 156 valence electrons. The Hall–Kier alpha value is -3.21. The quantitative estimate of drug-likeness (QED) is 0.260. The Morgan fingerprint density at radius 1 is 0.967 bits per heavy atom. The third kappa shape index (κ3) is 4.20. The van der Waals surface area contributed by atoms with E-state index in [1.54, 1.807) is 18.2 Å². The predicted octanol–water partition coefficient (Wildman–Crippen LogP) is 5.25. The van der Waals surface area contributed by atoms with Gasteiger partial charge in [0.05, 0.1) is 17.9 Å². The van der Waals surface area contributed by atoms with Crippen molar-refractivity contribution in [3.8, 4) is 0 Å². The first-order chi connectivity index (χ1) is 14.5. The van der Waals surface area contributed by atoms with Gasteiger partial charge in [-0.25, -0.2) is 4.90 Å². The fourth-order valence-corrected chi connectivity index (χ4v) is 3.69. The average Bonchev–Trinajstić information content (AvgIpc) is 3.03. The third-order valence-electron chi connectivity index (χ3n) is 5.12. The number of hydrogen-bond donors (Lipinski definition) is 0. The van der Waals surface area contributed by atoms with Crippen molar-refractivity contribution in [1.29, 1.82) is 0 Å². The minimum atomic E-state index is -0.430. The molecule has 0 N–H and O–H groups in total. The molecule has 2 amide bonds. The second kappa shape index (κ2) is 9.53. The van der Waals surface area contributed by atoms with Crippen LogP contribution in [0.15, 0.2) is 48.5 Å². The summed E-state index contributed by atoms with van der Waals surface area (Å²) >= 11 is 0. The predicted molar refractivity (Wildman–Crippen MR) is 118 cm³/mol. The Labute approximate surface area is 177 Å². The highest BCUT2D eigenvalue weighted by Gasteiger charge is 2.38. The van der Waals surface area contributed by atoms with E-state index in [1.165, 1.54) is 6.92 Å². The van der Waals surface area contributed by atoms with E-state index in [1.807, 2.05) is 37.3 Å². The maximum atomic E-state index is 13.3. The van der Waals surface area contributed by atoms with Crippen LogP contribution >= 0.6 is 0 Å². The number of nitrogens with zero attached hydrogens (tertiary/aromatic N) is 1. The van der Waals surface area contributed by atoms with E-state index in [-0.39, 0.29) is 11.7 Å². The standard InChI is InChI=1S/C25H27NO4/c1-4-6-8-13-22(28)19-14-15-21-20(16-19)23(25(29)26(21)17(3)27)24(30-5-2)18-11-9-7-10-12-18/h7,9-12,14-16H,4-6,8,13H2,1-3H3/b24-23-. The highest BCUT2D eigenvalue weighted by atomic mass is 16.5. The Kier molecular flexibility index (Phi) is 6.83. The van der Waals surface area contributed by atoms with Gasteiger partial charge in [0.1, 0.15) is 5.76 Å². The highest BCUT2D eigenvalue weighted by molar-refractivity contribution is 6.43. The number of fused-ring (bicyclic) bond motifs is 1. The van der Waals surface area contributed by atoms with Gasteiger partial charge in [0.2, 0.25) is 5.91 Å². The van der Waals surface area contributed by atoms with Crippen molar-refractivity contribution in [1.82, 2.24) is 0 Å². The number of imide groups is 1. The molecule has 30 heavy (non-hydrogen) atoms. The van der Waals surface area contributed by atoms with Crippen molar-refractivity contribution >= 4 is 34.6 Å². The van der Waals surface area contributed by atoms with Crippen LogP contribution in [0.1, 0.15) is 67.9 Å². The van der Waals surface area contributed by atoms with Crippen LogP contribution in [0.5, 0.6) is 0 Å². The van der Waals surface area contributed by atoms with Crippen molar-refractivity contribution < 1.29 is 19.1 Å². The maximum absolute atomic E-state index is 13.3. The molecule has 0 spiro atoms. The molecule has 0 aromatic heterocycles. The molecule has 0 saturated carbocycles. The van der Waals surface area contributed by atoms with Gasteiger partial charge in [-0.1, -0.05) is 50.1 Å². The molecule has 0 fully saturated rings. The van der Waals surface area contributed by atoms with Crippen LogP contribution in [0.25, 0.3) is 11.3 Å². The fourth-order valence-electron chi connectivity index (χ4n) is 3.69. The molecule has 0 bridgehead atoms. The molecule has 1 aliphatic heterocycles. The normalized spacial score (nSPS) is 14.5. The Bertz CT molecular complexity index is 991. The lowest BCUT2D eigenvalue weighted by Crippen LogP contribution is -2.31. The maximum Gasteiger partial charge on any atom is 0.269 e. The van der Waals surface area contributed by atoms with E-state index >= 15 is 0 Å². The minimum absolute atomic E-state index is 0.0389. The highest BCUT2D eigenvalue weighted by Crippen LogP contribution is 2.42. The van der Waals surface area contributed by atoms with E-state index in [4.69, 9.17) is 4.74 Å². The number of ketones is 1. The van der Waals surface area contributed by atoms with E-state index in [0.717, 1.165) is 29.7 Å². The molecule has 2 aromatic carbocycles. The van der Waals surface area contributed by atoms with Crippen LogP contribution in [0.3, 0.4) is 0 Å². The van der Waals surface area contributed by atoms with Crippen molar-refractivity contribution in [2.75, 3.05) is 11.5 Å². The van der Waals surface area contributed by atoms with E-state index in [2.05, 4.69) is 6.92 Å². The minimum Gasteiger partial charge on any atom is -0.492 e. The van der Waals surface area contributed by atoms with E-state index < -0.39 is 5.91 Å². The Morgan fingerprint density at radius 3 is 2.33 bits per heavy atom. The second-order valence-electron chi connectivity index (χ2n) is 7.27. The molecule has 1 heterocycles. The number of unbranched alkanes of at least 4 members (excludes halogenated alkanes) is 2. The molecule has 0 atom stereocenters. The lowest BCUT2D eigenvalue weighted by Gasteiger charge is -2.13. The monoisotopic (exact) mass is 405 g/mol. The summed E-state index contributed by atoms with van der Waals surface area (Å²) in [5, 5.41) is 0. The number of amides is 2. The van der Waals surface area contributed by atoms with Gasteiger partial charge < -0.3 is 4.74 Å². The summed E-state index contributed by atoms with van der Waals surface area (Å²) in [6, 6.07) is 14.4. The lowest BCUT2D eigenvalue weighted by molar-refractivity contribution is -0.122. The zero-order valence-corrected chi connectivity index (χ0v) is 17.7. The first kappa shape index (κ1) is 21.5. The molecular weight excluding hydrogens is 378 g/mol. The molecule has 3 rings (SSSR count). The smallest absolute Gasteiger partial charge is 0.269 e. The summed E-state index contributed by atoms with van der Waals surface area (Å²) in [5.74, 6) is -0.344. The van der Waals surface area contributed by atoms with Gasteiger partial charge in [-0.05, 0) is 31.5 Å². The SMILES string of the molecule is CCCCCC(=O)c1ccc2c(c1)/C(=C(/OCC)c1ccccc1)C(=O)N2C(C)=O. The van der Waals surface area contributed by atoms with Gasteiger partial charge >= 0.3 is 0 Å². The van der Waals surface area contributed by atoms with Crippen LogP contribution in [0, 0.1) is 0 Å². The Morgan fingerprint density at radius 2 is 1.70 bits per heavy atom. The van der Waals surface area contributed by atoms with Gasteiger partial charge in [0, 0.05) is 30.0 Å². The second-order valence-corrected chi connectivity index (χ2v) is 7.27. The number of anilines is 1. The lowest BCUT2D eigenvalue weighted by atomic mass is 9.97. The first-order valence-electron chi connectivity index (χ1n) is 10.4. The number of carbonyl (C=O) groups excluding carboxylic acids is 3. The van der Waals surface area contributed by atoms with Crippen molar-refractivity contribution in [2.24, 2.45) is 0 Å².